The number of ether oxygens (including phenoxy) is 3. The van der Waals surface area contributed by atoms with E-state index in [0.717, 1.165) is 19.3 Å². The standard InChI is InChI=1S/C26H28FN5O5/c1-4-6-7-8-13-20(33)36-18-14-19(32-15-29-21-22(28)30-25(27)31-23(21)32)37-26(18,5-2)17-12-10-9-11-16(17)24(34)35-3/h2,9-12,15,18-19H,4,6-8,13-14H2,1,3H3,(H2,28,30,31)/t18-,19+,26+/m0/s1. The van der Waals surface area contributed by atoms with E-state index in [1.54, 1.807) is 24.3 Å². The topological polar surface area (TPSA) is 131 Å². The van der Waals surface area contributed by atoms with Crippen molar-refractivity contribution in [2.24, 2.45) is 0 Å². The second-order valence-corrected chi connectivity index (χ2v) is 8.72. The number of hydrogen-bond acceptors (Lipinski definition) is 9. The van der Waals surface area contributed by atoms with E-state index in [2.05, 4.69) is 27.8 Å². The van der Waals surface area contributed by atoms with Gasteiger partial charge in [-0.05, 0) is 12.5 Å². The summed E-state index contributed by atoms with van der Waals surface area (Å²) >= 11 is 0. The van der Waals surface area contributed by atoms with E-state index in [0.29, 0.717) is 12.0 Å². The SMILES string of the molecule is C#C[C@]1(c2ccccc2C(=O)OC)O[C@@H](n2cnc3c(N)nc(F)nc32)C[C@@H]1OC(=O)CCCCCC. The van der Waals surface area contributed by atoms with Crippen molar-refractivity contribution >= 4 is 28.9 Å². The summed E-state index contributed by atoms with van der Waals surface area (Å²) in [6.07, 6.45) is 8.45. The molecule has 0 amide bonds. The fourth-order valence-corrected chi connectivity index (χ4v) is 4.56. The maximum atomic E-state index is 14.0. The smallest absolute Gasteiger partial charge is 0.338 e. The summed E-state index contributed by atoms with van der Waals surface area (Å²) in [6, 6.07) is 6.53. The predicted octanol–water partition coefficient (Wildman–Crippen LogP) is 3.66. The van der Waals surface area contributed by atoms with E-state index in [4.69, 9.17) is 26.4 Å². The molecule has 37 heavy (non-hydrogen) atoms. The van der Waals surface area contributed by atoms with Crippen molar-refractivity contribution in [3.8, 4) is 12.3 Å². The number of esters is 2. The second-order valence-electron chi connectivity index (χ2n) is 8.72. The van der Waals surface area contributed by atoms with Crippen molar-refractivity contribution in [2.75, 3.05) is 12.8 Å². The highest BCUT2D eigenvalue weighted by molar-refractivity contribution is 5.91. The molecule has 0 unspecified atom stereocenters. The highest BCUT2D eigenvalue weighted by Gasteiger charge is 2.54. The summed E-state index contributed by atoms with van der Waals surface area (Å²) in [5.74, 6) is 1.44. The van der Waals surface area contributed by atoms with Crippen LogP contribution in [0.15, 0.2) is 30.6 Å². The molecule has 4 rings (SSSR count). The molecule has 0 aliphatic carbocycles. The van der Waals surface area contributed by atoms with E-state index in [1.165, 1.54) is 18.0 Å². The minimum Gasteiger partial charge on any atom is -0.465 e. The normalized spacial score (nSPS) is 21.0. The number of anilines is 1. The first-order chi connectivity index (χ1) is 17.8. The van der Waals surface area contributed by atoms with E-state index < -0.39 is 35.9 Å². The molecule has 0 bridgehead atoms. The fraction of sp³-hybridized carbons (Fsp3) is 0.423. The molecule has 1 aliphatic heterocycles. The van der Waals surface area contributed by atoms with Gasteiger partial charge in [-0.3, -0.25) is 9.36 Å². The second kappa shape index (κ2) is 10.9. The summed E-state index contributed by atoms with van der Waals surface area (Å²) in [7, 11) is 1.25. The number of methoxy groups -OCH3 is 1. The van der Waals surface area contributed by atoms with Crippen LogP contribution in [0.3, 0.4) is 0 Å². The molecular weight excluding hydrogens is 481 g/mol. The summed E-state index contributed by atoms with van der Waals surface area (Å²) in [5.41, 5.74) is 4.91. The number of aromatic nitrogens is 4. The van der Waals surface area contributed by atoms with Crippen LogP contribution in [0, 0.1) is 18.4 Å². The number of terminal acetylenes is 1. The summed E-state index contributed by atoms with van der Waals surface area (Å²) in [5, 5.41) is 0. The van der Waals surface area contributed by atoms with Crippen LogP contribution < -0.4 is 5.73 Å². The molecule has 2 N–H and O–H groups in total. The molecular formula is C26H28FN5O5. The minimum absolute atomic E-state index is 0.0807. The fourth-order valence-electron chi connectivity index (χ4n) is 4.56. The Balaban J connectivity index is 1.75. The number of rotatable bonds is 9. The zero-order valence-electron chi connectivity index (χ0n) is 20.6. The number of hydrogen-bond donors (Lipinski definition) is 1. The first kappa shape index (κ1) is 26.0. The average Bonchev–Trinajstić information content (AvgIpc) is 3.48. The summed E-state index contributed by atoms with van der Waals surface area (Å²) in [6.45, 7) is 2.08. The van der Waals surface area contributed by atoms with Gasteiger partial charge in [0.2, 0.25) is 0 Å². The predicted molar refractivity (Wildman–Crippen MR) is 131 cm³/mol. The van der Waals surface area contributed by atoms with Gasteiger partial charge in [-0.25, -0.2) is 9.78 Å². The van der Waals surface area contributed by atoms with Crippen LogP contribution in [0.4, 0.5) is 10.2 Å². The summed E-state index contributed by atoms with van der Waals surface area (Å²) in [4.78, 5) is 36.9. The van der Waals surface area contributed by atoms with Gasteiger partial charge in [-0.15, -0.1) is 6.42 Å². The number of fused-ring (bicyclic) bond motifs is 1. The Labute approximate surface area is 213 Å². The lowest BCUT2D eigenvalue weighted by molar-refractivity contribution is -0.157. The average molecular weight is 510 g/mol. The summed E-state index contributed by atoms with van der Waals surface area (Å²) < 4.78 is 32.7. The van der Waals surface area contributed by atoms with Crippen LogP contribution in [0.2, 0.25) is 0 Å². The van der Waals surface area contributed by atoms with Gasteiger partial charge in [0.25, 0.3) is 0 Å². The molecule has 1 aliphatic rings. The number of nitrogens with zero attached hydrogens (tertiary/aromatic N) is 4. The number of nitrogen functional groups attached to an aromatic ring is 1. The number of imidazole rings is 1. The van der Waals surface area contributed by atoms with Gasteiger partial charge in [0.05, 0.1) is 19.0 Å². The van der Waals surface area contributed by atoms with Gasteiger partial charge in [0, 0.05) is 18.4 Å². The Hall–Kier alpha value is -4.04. The monoisotopic (exact) mass is 509 g/mol. The van der Waals surface area contributed by atoms with Crippen LogP contribution in [-0.4, -0.2) is 44.7 Å². The van der Waals surface area contributed by atoms with Crippen molar-refractivity contribution in [3.05, 3.63) is 47.8 Å². The van der Waals surface area contributed by atoms with Crippen molar-refractivity contribution in [1.82, 2.24) is 19.5 Å². The molecule has 0 spiro atoms. The van der Waals surface area contributed by atoms with Crippen molar-refractivity contribution in [3.63, 3.8) is 0 Å². The van der Waals surface area contributed by atoms with Crippen LogP contribution >= 0.6 is 0 Å². The zero-order chi connectivity index (χ0) is 26.6. The van der Waals surface area contributed by atoms with Crippen LogP contribution in [-0.2, 0) is 24.6 Å². The van der Waals surface area contributed by atoms with Crippen molar-refractivity contribution < 1.29 is 28.2 Å². The lowest BCUT2D eigenvalue weighted by Crippen LogP contribution is -2.39. The number of carbonyl (C=O) groups excluding carboxylic acids is 2. The third-order valence-corrected chi connectivity index (χ3v) is 6.38. The Morgan fingerprint density at radius 3 is 2.81 bits per heavy atom. The Kier molecular flexibility index (Phi) is 7.69. The maximum Gasteiger partial charge on any atom is 0.338 e. The van der Waals surface area contributed by atoms with Gasteiger partial charge in [0.1, 0.15) is 6.23 Å². The van der Waals surface area contributed by atoms with Gasteiger partial charge in [-0.1, -0.05) is 50.3 Å². The molecule has 194 valence electrons. The maximum absolute atomic E-state index is 14.0. The van der Waals surface area contributed by atoms with Crippen molar-refractivity contribution in [1.29, 1.82) is 0 Å². The molecule has 3 atom stereocenters. The number of carbonyl (C=O) groups is 2. The van der Waals surface area contributed by atoms with E-state index in [-0.39, 0.29) is 35.4 Å². The van der Waals surface area contributed by atoms with E-state index in [1.807, 2.05) is 0 Å². The molecule has 1 fully saturated rings. The number of benzene rings is 1. The van der Waals surface area contributed by atoms with Gasteiger partial charge >= 0.3 is 18.0 Å². The Morgan fingerprint density at radius 2 is 2.08 bits per heavy atom. The van der Waals surface area contributed by atoms with E-state index >= 15 is 0 Å². The Bertz CT molecular complexity index is 1350. The molecule has 3 aromatic rings. The first-order valence-electron chi connectivity index (χ1n) is 12.0. The van der Waals surface area contributed by atoms with Crippen molar-refractivity contribution in [2.45, 2.75) is 63.4 Å². The van der Waals surface area contributed by atoms with Gasteiger partial charge < -0.3 is 19.9 Å². The lowest BCUT2D eigenvalue weighted by atomic mass is 9.85. The molecule has 1 saturated heterocycles. The Morgan fingerprint density at radius 1 is 1.30 bits per heavy atom. The molecule has 2 aromatic heterocycles. The number of nitrogens with two attached hydrogens (primary N) is 1. The first-order valence-corrected chi connectivity index (χ1v) is 12.0. The molecule has 10 nitrogen and oxygen atoms in total. The van der Waals surface area contributed by atoms with E-state index in [9.17, 15) is 14.0 Å². The molecule has 1 aromatic carbocycles. The number of halogens is 1. The minimum atomic E-state index is -1.65. The van der Waals surface area contributed by atoms with Crippen LogP contribution in [0.25, 0.3) is 11.2 Å². The third kappa shape index (κ3) is 4.97. The molecule has 0 radical (unpaired) electrons. The highest BCUT2D eigenvalue weighted by atomic mass is 19.1. The molecule has 0 saturated carbocycles. The highest BCUT2D eigenvalue weighted by Crippen LogP contribution is 2.47. The zero-order valence-corrected chi connectivity index (χ0v) is 20.6. The number of unbranched alkanes of at least 4 members (excludes halogenated alkanes) is 3. The molecule has 3 heterocycles. The quantitative estimate of drug-likeness (QED) is 0.199. The largest absolute Gasteiger partial charge is 0.465 e. The van der Waals surface area contributed by atoms with Gasteiger partial charge in [0.15, 0.2) is 28.7 Å². The third-order valence-electron chi connectivity index (χ3n) is 6.38. The van der Waals surface area contributed by atoms with Gasteiger partial charge in [-0.2, -0.15) is 14.4 Å². The van der Waals surface area contributed by atoms with Crippen LogP contribution in [0.1, 0.15) is 67.6 Å². The van der Waals surface area contributed by atoms with Crippen LogP contribution in [0.5, 0.6) is 0 Å². The molecule has 11 heteroatoms. The lowest BCUT2D eigenvalue weighted by Gasteiger charge is -2.30.